The number of rotatable bonds is 6. The molecule has 0 radical (unpaired) electrons. The van der Waals surface area contributed by atoms with Crippen molar-refractivity contribution in [2.75, 3.05) is 44.4 Å². The molecule has 1 aliphatic rings. The van der Waals surface area contributed by atoms with Crippen LogP contribution in [-0.4, -0.2) is 75.8 Å². The summed E-state index contributed by atoms with van der Waals surface area (Å²) in [5.41, 5.74) is 2.24. The van der Waals surface area contributed by atoms with Gasteiger partial charge in [0.05, 0.1) is 33.1 Å². The molecular formula is C29H29F2N7O3. The van der Waals surface area contributed by atoms with Crippen molar-refractivity contribution >= 4 is 50.3 Å². The van der Waals surface area contributed by atoms with E-state index >= 15 is 4.39 Å². The van der Waals surface area contributed by atoms with E-state index in [9.17, 15) is 19.1 Å². The number of pyridine rings is 3. The summed E-state index contributed by atoms with van der Waals surface area (Å²) in [4.78, 5) is 41.5. The van der Waals surface area contributed by atoms with Gasteiger partial charge in [0.25, 0.3) is 0 Å². The number of benzene rings is 1. The Morgan fingerprint density at radius 1 is 1.22 bits per heavy atom. The Balaban J connectivity index is 1.72. The Bertz CT molecular complexity index is 1930. The lowest BCUT2D eigenvalue weighted by Crippen LogP contribution is -2.38. The van der Waals surface area contributed by atoms with Crippen LogP contribution in [0, 0.1) is 11.6 Å². The molecule has 5 aromatic rings. The van der Waals surface area contributed by atoms with Crippen LogP contribution >= 0.6 is 0 Å². The van der Waals surface area contributed by atoms with Crippen LogP contribution in [0.3, 0.4) is 0 Å². The van der Waals surface area contributed by atoms with Gasteiger partial charge in [0.15, 0.2) is 11.6 Å². The summed E-state index contributed by atoms with van der Waals surface area (Å²) in [6, 6.07) is 2.80. The van der Waals surface area contributed by atoms with Crippen LogP contribution in [0.5, 0.6) is 0 Å². The summed E-state index contributed by atoms with van der Waals surface area (Å²) in [6.45, 7) is 1.42. The number of likely N-dealkylation sites (N-methyl/N-ethyl adjacent to an activating group) is 1. The van der Waals surface area contributed by atoms with Gasteiger partial charge in [0, 0.05) is 69.0 Å². The first-order valence-electron chi connectivity index (χ1n) is 13.2. The number of carboxylic acid groups (broad SMARTS) is 1. The van der Waals surface area contributed by atoms with E-state index in [0.717, 1.165) is 25.5 Å². The highest BCUT2D eigenvalue weighted by Gasteiger charge is 2.32. The minimum atomic E-state index is -1.33. The van der Waals surface area contributed by atoms with Gasteiger partial charge in [0.1, 0.15) is 16.9 Å². The van der Waals surface area contributed by atoms with Gasteiger partial charge in [0.2, 0.25) is 5.43 Å². The number of aromatic nitrogens is 4. The molecule has 10 nitrogen and oxygen atoms in total. The van der Waals surface area contributed by atoms with Crippen LogP contribution in [0.25, 0.3) is 44.1 Å². The zero-order valence-electron chi connectivity index (χ0n) is 23.0. The lowest BCUT2D eigenvalue weighted by Gasteiger charge is -2.31. The van der Waals surface area contributed by atoms with Crippen molar-refractivity contribution in [2.24, 2.45) is 7.05 Å². The topological polar surface area (TPSA) is 119 Å². The summed E-state index contributed by atoms with van der Waals surface area (Å²) < 4.78 is 32.0. The molecule has 6 rings (SSSR count). The van der Waals surface area contributed by atoms with Gasteiger partial charge in [-0.15, -0.1) is 0 Å². The molecule has 0 aliphatic carbocycles. The standard InChI is InChI=1S/C29H29F2N7O3/c1-32-20-9-19(30)23(31)21-22-25(38-7-5-6-15(38)12-36(2)3)17(11-33-27(22)35-24(20)21)14-8-16-26(39)18(29(40)41)13-37(4)28(16)34-10-14/h8-11,13,15,32H,5-7,12H2,1-4H3,(H,33,35)(H,40,41). The molecule has 5 heterocycles. The van der Waals surface area contributed by atoms with E-state index in [0.29, 0.717) is 51.2 Å². The second-order valence-corrected chi connectivity index (χ2v) is 10.7. The van der Waals surface area contributed by atoms with Crippen molar-refractivity contribution in [1.29, 1.82) is 0 Å². The number of halogens is 2. The second-order valence-electron chi connectivity index (χ2n) is 10.7. The fourth-order valence-corrected chi connectivity index (χ4v) is 6.05. The highest BCUT2D eigenvalue weighted by molar-refractivity contribution is 6.18. The molecule has 1 aromatic carbocycles. The Morgan fingerprint density at radius 2 is 2.00 bits per heavy atom. The van der Waals surface area contributed by atoms with Crippen molar-refractivity contribution in [3.8, 4) is 11.1 Å². The quantitative estimate of drug-likeness (QED) is 0.283. The molecular weight excluding hydrogens is 532 g/mol. The number of hydrogen-bond acceptors (Lipinski definition) is 7. The Labute approximate surface area is 233 Å². The number of anilines is 2. The van der Waals surface area contributed by atoms with Crippen molar-refractivity contribution in [2.45, 2.75) is 18.9 Å². The molecule has 1 saturated heterocycles. The number of carbonyl (C=O) groups is 1. The van der Waals surface area contributed by atoms with Crippen LogP contribution in [-0.2, 0) is 7.05 Å². The number of fused-ring (bicyclic) bond motifs is 4. The van der Waals surface area contributed by atoms with E-state index < -0.39 is 23.0 Å². The summed E-state index contributed by atoms with van der Waals surface area (Å²) in [5.74, 6) is -3.30. The average Bonchev–Trinajstić information content (AvgIpc) is 3.56. The van der Waals surface area contributed by atoms with Gasteiger partial charge in [-0.3, -0.25) is 4.79 Å². The number of nitrogens with one attached hydrogen (secondary N) is 2. The summed E-state index contributed by atoms with van der Waals surface area (Å²) in [5, 5.41) is 13.2. The lowest BCUT2D eigenvalue weighted by atomic mass is 10.0. The molecule has 0 spiro atoms. The predicted molar refractivity (Wildman–Crippen MR) is 155 cm³/mol. The van der Waals surface area contributed by atoms with Crippen molar-refractivity contribution < 1.29 is 18.7 Å². The first-order valence-corrected chi connectivity index (χ1v) is 13.2. The fourth-order valence-electron chi connectivity index (χ4n) is 6.05. The van der Waals surface area contributed by atoms with Crippen molar-refractivity contribution in [3.63, 3.8) is 0 Å². The molecule has 1 aliphatic heterocycles. The molecule has 1 atom stereocenters. The predicted octanol–water partition coefficient (Wildman–Crippen LogP) is 4.18. The smallest absolute Gasteiger partial charge is 0.341 e. The minimum Gasteiger partial charge on any atom is -0.477 e. The number of H-pyrrole nitrogens is 1. The third-order valence-corrected chi connectivity index (χ3v) is 7.83. The highest BCUT2D eigenvalue weighted by atomic mass is 19.2. The number of aromatic amines is 1. The number of nitrogens with zero attached hydrogens (tertiary/aromatic N) is 5. The number of carboxylic acids is 1. The largest absolute Gasteiger partial charge is 0.477 e. The zero-order valence-corrected chi connectivity index (χ0v) is 23.0. The normalized spacial score (nSPS) is 15.6. The van der Waals surface area contributed by atoms with Gasteiger partial charge < -0.3 is 29.8 Å². The molecule has 3 N–H and O–H groups in total. The van der Waals surface area contributed by atoms with E-state index in [1.54, 1.807) is 32.6 Å². The first-order chi connectivity index (χ1) is 19.6. The summed E-state index contributed by atoms with van der Waals surface area (Å²) in [6.07, 6.45) is 6.29. The molecule has 12 heteroatoms. The van der Waals surface area contributed by atoms with Crippen LogP contribution in [0.2, 0.25) is 0 Å². The molecule has 1 fully saturated rings. The Hall–Kier alpha value is -4.58. The van der Waals surface area contributed by atoms with Gasteiger partial charge in [-0.2, -0.15) is 0 Å². The molecule has 0 saturated carbocycles. The third-order valence-electron chi connectivity index (χ3n) is 7.83. The lowest BCUT2D eigenvalue weighted by molar-refractivity contribution is 0.0695. The average molecular weight is 562 g/mol. The van der Waals surface area contributed by atoms with Gasteiger partial charge >= 0.3 is 5.97 Å². The zero-order chi connectivity index (χ0) is 29.2. The second kappa shape index (κ2) is 9.81. The highest BCUT2D eigenvalue weighted by Crippen LogP contribution is 2.45. The third kappa shape index (κ3) is 4.17. The molecule has 1 unspecified atom stereocenters. The number of aryl methyl sites for hydroxylation is 1. The monoisotopic (exact) mass is 561 g/mol. The van der Waals surface area contributed by atoms with E-state index in [2.05, 4.69) is 30.1 Å². The maximum Gasteiger partial charge on any atom is 0.341 e. The number of aromatic carboxylic acids is 1. The SMILES string of the molecule is CNc1cc(F)c(F)c2c1[nH]c1ncc(-c3cnc4c(c3)c(=O)c(C(=O)O)cn4C)c(N3CCCC3CN(C)C)c12. The molecule has 0 bridgehead atoms. The van der Waals surface area contributed by atoms with Crippen LogP contribution in [0.4, 0.5) is 20.2 Å². The number of hydrogen-bond donors (Lipinski definition) is 3. The Morgan fingerprint density at radius 3 is 2.71 bits per heavy atom. The molecule has 0 amide bonds. The minimum absolute atomic E-state index is 0.0830. The molecule has 4 aromatic heterocycles. The maximum atomic E-state index is 15.6. The van der Waals surface area contributed by atoms with Crippen LogP contribution < -0.4 is 15.6 Å². The van der Waals surface area contributed by atoms with E-state index in [-0.39, 0.29) is 22.4 Å². The van der Waals surface area contributed by atoms with Gasteiger partial charge in [-0.1, -0.05) is 0 Å². The first kappa shape index (κ1) is 26.6. The summed E-state index contributed by atoms with van der Waals surface area (Å²) in [7, 11) is 7.24. The molecule has 41 heavy (non-hydrogen) atoms. The van der Waals surface area contributed by atoms with Crippen LogP contribution in [0.15, 0.2) is 35.5 Å². The van der Waals surface area contributed by atoms with Gasteiger partial charge in [-0.05, 0) is 33.0 Å². The van der Waals surface area contributed by atoms with Crippen molar-refractivity contribution in [3.05, 3.63) is 58.1 Å². The van der Waals surface area contributed by atoms with E-state index in [1.165, 1.54) is 10.8 Å². The van der Waals surface area contributed by atoms with Gasteiger partial charge in [-0.25, -0.2) is 23.5 Å². The maximum absolute atomic E-state index is 15.6. The molecule has 212 valence electrons. The van der Waals surface area contributed by atoms with Crippen molar-refractivity contribution in [1.82, 2.24) is 24.4 Å². The van der Waals surface area contributed by atoms with E-state index in [1.807, 2.05) is 14.1 Å². The van der Waals surface area contributed by atoms with Crippen LogP contribution in [0.1, 0.15) is 23.2 Å². The summed E-state index contributed by atoms with van der Waals surface area (Å²) >= 11 is 0. The fraction of sp³-hybridized carbons (Fsp3) is 0.310. The van der Waals surface area contributed by atoms with E-state index in [4.69, 9.17) is 0 Å². The Kier molecular flexibility index (Phi) is 6.37.